The van der Waals surface area contributed by atoms with Gasteiger partial charge in [0.15, 0.2) is 0 Å². The molecule has 2 rings (SSSR count). The van der Waals surface area contributed by atoms with Gasteiger partial charge in [-0.05, 0) is 25.7 Å². The topological polar surface area (TPSA) is 21.3 Å². The van der Waals surface area contributed by atoms with Crippen LogP contribution in [0.1, 0.15) is 39.5 Å². The van der Waals surface area contributed by atoms with Crippen molar-refractivity contribution in [2.75, 3.05) is 13.1 Å². The molecule has 2 fully saturated rings. The van der Waals surface area contributed by atoms with E-state index < -0.39 is 0 Å². The third-order valence-electron chi connectivity index (χ3n) is 3.38. The Morgan fingerprint density at radius 3 is 2.92 bits per heavy atom. The molecule has 3 atom stereocenters. The van der Waals surface area contributed by atoms with Gasteiger partial charge < -0.3 is 10.1 Å². The molecule has 0 aromatic heterocycles. The van der Waals surface area contributed by atoms with Crippen LogP contribution in [0.3, 0.4) is 0 Å². The second-order valence-electron chi connectivity index (χ2n) is 4.94. The van der Waals surface area contributed by atoms with E-state index in [1.807, 2.05) is 0 Å². The average molecular weight is 183 g/mol. The van der Waals surface area contributed by atoms with E-state index in [2.05, 4.69) is 19.2 Å². The average Bonchev–Trinajstić information content (AvgIpc) is 2.02. The minimum atomic E-state index is 0.190. The van der Waals surface area contributed by atoms with E-state index in [1.54, 1.807) is 0 Å². The minimum absolute atomic E-state index is 0.190. The molecule has 1 heterocycles. The van der Waals surface area contributed by atoms with Crippen LogP contribution >= 0.6 is 0 Å². The first-order valence-electron chi connectivity index (χ1n) is 5.59. The SMILES string of the molecule is CC1CCCC2(CNCC(C)O2)C1. The molecule has 1 saturated heterocycles. The van der Waals surface area contributed by atoms with Crippen molar-refractivity contribution in [1.29, 1.82) is 0 Å². The monoisotopic (exact) mass is 183 g/mol. The zero-order valence-electron chi connectivity index (χ0n) is 8.81. The summed E-state index contributed by atoms with van der Waals surface area (Å²) in [5, 5.41) is 3.49. The van der Waals surface area contributed by atoms with Crippen LogP contribution in [-0.2, 0) is 4.74 Å². The summed E-state index contributed by atoms with van der Waals surface area (Å²) in [6.07, 6.45) is 5.65. The summed E-state index contributed by atoms with van der Waals surface area (Å²) in [6.45, 7) is 6.62. The van der Waals surface area contributed by atoms with Gasteiger partial charge in [-0.3, -0.25) is 0 Å². The lowest BCUT2D eigenvalue weighted by Gasteiger charge is -2.45. The van der Waals surface area contributed by atoms with Gasteiger partial charge in [-0.2, -0.15) is 0 Å². The number of rotatable bonds is 0. The van der Waals surface area contributed by atoms with Crippen LogP contribution in [0.4, 0.5) is 0 Å². The van der Waals surface area contributed by atoms with Gasteiger partial charge in [0.25, 0.3) is 0 Å². The van der Waals surface area contributed by atoms with Gasteiger partial charge >= 0.3 is 0 Å². The van der Waals surface area contributed by atoms with Gasteiger partial charge in [0, 0.05) is 13.1 Å². The first-order valence-corrected chi connectivity index (χ1v) is 5.59. The highest BCUT2D eigenvalue weighted by Crippen LogP contribution is 2.36. The van der Waals surface area contributed by atoms with E-state index in [0.29, 0.717) is 6.10 Å². The molecular formula is C11H21NO. The fourth-order valence-electron chi connectivity index (χ4n) is 2.89. The lowest BCUT2D eigenvalue weighted by Crippen LogP contribution is -2.54. The number of nitrogens with one attached hydrogen (secondary N) is 1. The van der Waals surface area contributed by atoms with Crippen molar-refractivity contribution in [3.05, 3.63) is 0 Å². The summed E-state index contributed by atoms with van der Waals surface area (Å²) in [6, 6.07) is 0. The predicted octanol–water partition coefficient (Wildman–Crippen LogP) is 1.94. The molecule has 2 aliphatic rings. The summed E-state index contributed by atoms with van der Waals surface area (Å²) in [5.41, 5.74) is 0.190. The molecule has 0 amide bonds. The Balaban J connectivity index is 2.00. The van der Waals surface area contributed by atoms with Crippen molar-refractivity contribution in [3.8, 4) is 0 Å². The summed E-state index contributed by atoms with van der Waals surface area (Å²) in [4.78, 5) is 0. The van der Waals surface area contributed by atoms with Crippen molar-refractivity contribution < 1.29 is 4.74 Å². The molecule has 1 saturated carbocycles. The number of hydrogen-bond acceptors (Lipinski definition) is 2. The maximum atomic E-state index is 6.12. The first-order chi connectivity index (χ1) is 6.20. The normalized spacial score (nSPS) is 46.6. The minimum Gasteiger partial charge on any atom is -0.369 e. The van der Waals surface area contributed by atoms with Crippen LogP contribution in [-0.4, -0.2) is 24.8 Å². The number of hydrogen-bond donors (Lipinski definition) is 1. The Kier molecular flexibility index (Phi) is 2.61. The van der Waals surface area contributed by atoms with E-state index in [4.69, 9.17) is 4.74 Å². The second-order valence-corrected chi connectivity index (χ2v) is 4.94. The van der Waals surface area contributed by atoms with Crippen LogP contribution in [0.15, 0.2) is 0 Å². The Morgan fingerprint density at radius 2 is 2.23 bits per heavy atom. The van der Waals surface area contributed by atoms with Crippen molar-refractivity contribution in [2.45, 2.75) is 51.2 Å². The van der Waals surface area contributed by atoms with Gasteiger partial charge in [-0.15, -0.1) is 0 Å². The molecule has 76 valence electrons. The predicted molar refractivity (Wildman–Crippen MR) is 53.8 cm³/mol. The standard InChI is InChI=1S/C11H21NO/c1-9-4-3-5-11(6-9)8-12-7-10(2)13-11/h9-10,12H,3-8H2,1-2H3. The summed E-state index contributed by atoms with van der Waals surface area (Å²) < 4.78 is 6.12. The van der Waals surface area contributed by atoms with E-state index in [9.17, 15) is 0 Å². The molecule has 2 heteroatoms. The Bertz CT molecular complexity index is 161. The quantitative estimate of drug-likeness (QED) is 0.619. The molecule has 3 unspecified atom stereocenters. The zero-order valence-corrected chi connectivity index (χ0v) is 8.81. The molecule has 0 aromatic rings. The van der Waals surface area contributed by atoms with Gasteiger partial charge in [0.05, 0.1) is 11.7 Å². The van der Waals surface area contributed by atoms with E-state index >= 15 is 0 Å². The Morgan fingerprint density at radius 1 is 1.38 bits per heavy atom. The number of morpholine rings is 1. The lowest BCUT2D eigenvalue weighted by molar-refractivity contribution is -0.134. The highest BCUT2D eigenvalue weighted by molar-refractivity contribution is 4.92. The summed E-state index contributed by atoms with van der Waals surface area (Å²) >= 11 is 0. The highest BCUT2D eigenvalue weighted by Gasteiger charge is 2.39. The molecule has 2 nitrogen and oxygen atoms in total. The van der Waals surface area contributed by atoms with E-state index in [0.717, 1.165) is 19.0 Å². The molecule has 1 spiro atoms. The van der Waals surface area contributed by atoms with Crippen LogP contribution in [0.2, 0.25) is 0 Å². The molecule has 1 aliphatic carbocycles. The Hall–Kier alpha value is -0.0800. The fourth-order valence-corrected chi connectivity index (χ4v) is 2.89. The van der Waals surface area contributed by atoms with Crippen LogP contribution < -0.4 is 5.32 Å². The lowest BCUT2D eigenvalue weighted by atomic mass is 9.78. The van der Waals surface area contributed by atoms with Crippen LogP contribution in [0.25, 0.3) is 0 Å². The molecular weight excluding hydrogens is 162 g/mol. The maximum Gasteiger partial charge on any atom is 0.0813 e. The summed E-state index contributed by atoms with van der Waals surface area (Å²) in [5.74, 6) is 0.848. The van der Waals surface area contributed by atoms with Gasteiger partial charge in [-0.1, -0.05) is 19.8 Å². The molecule has 1 N–H and O–H groups in total. The van der Waals surface area contributed by atoms with Crippen molar-refractivity contribution in [1.82, 2.24) is 5.32 Å². The van der Waals surface area contributed by atoms with Crippen LogP contribution in [0, 0.1) is 5.92 Å². The molecule has 0 bridgehead atoms. The second kappa shape index (κ2) is 3.58. The van der Waals surface area contributed by atoms with Crippen LogP contribution in [0.5, 0.6) is 0 Å². The number of ether oxygens (including phenoxy) is 1. The van der Waals surface area contributed by atoms with Crippen molar-refractivity contribution >= 4 is 0 Å². The molecule has 1 aliphatic heterocycles. The van der Waals surface area contributed by atoms with Gasteiger partial charge in [0.2, 0.25) is 0 Å². The summed E-state index contributed by atoms with van der Waals surface area (Å²) in [7, 11) is 0. The van der Waals surface area contributed by atoms with E-state index in [1.165, 1.54) is 25.7 Å². The van der Waals surface area contributed by atoms with E-state index in [-0.39, 0.29) is 5.60 Å². The zero-order chi connectivity index (χ0) is 9.31. The molecule has 0 aromatic carbocycles. The molecule has 0 radical (unpaired) electrons. The fraction of sp³-hybridized carbons (Fsp3) is 1.00. The largest absolute Gasteiger partial charge is 0.369 e. The maximum absolute atomic E-state index is 6.12. The molecule has 13 heavy (non-hydrogen) atoms. The van der Waals surface area contributed by atoms with Gasteiger partial charge in [-0.25, -0.2) is 0 Å². The Labute approximate surface area is 81.0 Å². The third-order valence-corrected chi connectivity index (χ3v) is 3.38. The van der Waals surface area contributed by atoms with Gasteiger partial charge in [0.1, 0.15) is 0 Å². The third kappa shape index (κ3) is 2.05. The first kappa shape index (κ1) is 9.47. The smallest absolute Gasteiger partial charge is 0.0813 e. The van der Waals surface area contributed by atoms with Crippen molar-refractivity contribution in [2.24, 2.45) is 5.92 Å². The van der Waals surface area contributed by atoms with Crippen molar-refractivity contribution in [3.63, 3.8) is 0 Å². The highest BCUT2D eigenvalue weighted by atomic mass is 16.5.